The SMILES string of the molecule is OP(O)(=S)Oc1n[nH]c2cncnc12. The smallest absolute Gasteiger partial charge is 0.376 e. The van der Waals surface area contributed by atoms with Crippen molar-refractivity contribution in [1.82, 2.24) is 20.2 Å². The van der Waals surface area contributed by atoms with Gasteiger partial charge in [0.05, 0.1) is 6.20 Å². The zero-order valence-corrected chi connectivity index (χ0v) is 8.37. The van der Waals surface area contributed by atoms with E-state index in [1.807, 2.05) is 0 Å². The minimum Gasteiger partial charge on any atom is -0.402 e. The highest BCUT2D eigenvalue weighted by Crippen LogP contribution is 2.38. The molecule has 0 aliphatic rings. The second-order valence-electron chi connectivity index (χ2n) is 2.40. The van der Waals surface area contributed by atoms with Crippen LogP contribution in [0.3, 0.4) is 0 Å². The van der Waals surface area contributed by atoms with E-state index in [0.29, 0.717) is 11.0 Å². The first-order valence-corrected chi connectivity index (χ1v) is 6.08. The van der Waals surface area contributed by atoms with Crippen molar-refractivity contribution in [3.8, 4) is 5.88 Å². The zero-order valence-electron chi connectivity index (χ0n) is 6.65. The predicted octanol–water partition coefficient (Wildman–Crippen LogP) is -0.0592. The van der Waals surface area contributed by atoms with E-state index in [0.717, 1.165) is 0 Å². The number of nitrogens with one attached hydrogen (secondary N) is 1. The highest BCUT2D eigenvalue weighted by atomic mass is 32.5. The van der Waals surface area contributed by atoms with Gasteiger partial charge in [-0.05, 0) is 0 Å². The molecular formula is C5H5N4O3PS. The first-order chi connectivity index (χ1) is 6.56. The molecule has 0 saturated carbocycles. The highest BCUT2D eigenvalue weighted by Gasteiger charge is 2.16. The van der Waals surface area contributed by atoms with E-state index in [9.17, 15) is 0 Å². The van der Waals surface area contributed by atoms with Crippen LogP contribution in [0.15, 0.2) is 12.5 Å². The van der Waals surface area contributed by atoms with Crippen molar-refractivity contribution in [1.29, 1.82) is 0 Å². The van der Waals surface area contributed by atoms with Gasteiger partial charge >= 0.3 is 6.72 Å². The van der Waals surface area contributed by atoms with Crippen LogP contribution in [0.2, 0.25) is 0 Å². The third-order valence-electron chi connectivity index (χ3n) is 1.40. The van der Waals surface area contributed by atoms with E-state index in [1.54, 1.807) is 0 Å². The maximum atomic E-state index is 8.91. The number of nitrogens with zero attached hydrogens (tertiary/aromatic N) is 3. The number of aromatic amines is 1. The molecule has 0 saturated heterocycles. The van der Waals surface area contributed by atoms with E-state index < -0.39 is 6.72 Å². The molecule has 0 aliphatic heterocycles. The van der Waals surface area contributed by atoms with E-state index in [1.165, 1.54) is 12.5 Å². The molecule has 0 spiro atoms. The van der Waals surface area contributed by atoms with Gasteiger partial charge in [0, 0.05) is 11.8 Å². The van der Waals surface area contributed by atoms with Crippen LogP contribution < -0.4 is 4.52 Å². The molecule has 7 nitrogen and oxygen atoms in total. The Kier molecular flexibility index (Phi) is 2.20. The summed E-state index contributed by atoms with van der Waals surface area (Å²) in [5, 5.41) is 6.23. The Morgan fingerprint density at radius 2 is 2.29 bits per heavy atom. The number of fused-ring (bicyclic) bond motifs is 1. The van der Waals surface area contributed by atoms with Crippen LogP contribution in [0.4, 0.5) is 0 Å². The van der Waals surface area contributed by atoms with Crippen LogP contribution in [0, 0.1) is 0 Å². The van der Waals surface area contributed by atoms with Gasteiger partial charge < -0.3 is 14.3 Å². The van der Waals surface area contributed by atoms with Gasteiger partial charge in [0.1, 0.15) is 11.8 Å². The standard InChI is InChI=1S/C5H5N4O3PS/c10-13(11,14)12-5-4-3(8-9-5)1-6-2-7-4/h1-2H,(H,8,9)(H2,10,11,14). The molecule has 0 fully saturated rings. The van der Waals surface area contributed by atoms with Crippen molar-refractivity contribution in [2.45, 2.75) is 0 Å². The molecule has 0 aliphatic carbocycles. The van der Waals surface area contributed by atoms with Gasteiger partial charge in [0.15, 0.2) is 5.52 Å². The Balaban J connectivity index is 2.49. The number of aromatic nitrogens is 4. The van der Waals surface area contributed by atoms with Crippen LogP contribution >= 0.6 is 6.72 Å². The Hall–Kier alpha value is -1.08. The molecule has 14 heavy (non-hydrogen) atoms. The first-order valence-electron chi connectivity index (χ1n) is 3.45. The summed E-state index contributed by atoms with van der Waals surface area (Å²) in [4.78, 5) is 25.4. The van der Waals surface area contributed by atoms with Gasteiger partial charge in [-0.15, -0.1) is 5.10 Å². The van der Waals surface area contributed by atoms with Crippen LogP contribution in [-0.4, -0.2) is 30.0 Å². The van der Waals surface area contributed by atoms with Gasteiger partial charge in [-0.3, -0.25) is 5.10 Å². The van der Waals surface area contributed by atoms with Crippen molar-refractivity contribution in [3.05, 3.63) is 12.5 Å². The number of H-pyrrole nitrogens is 1. The molecule has 0 radical (unpaired) electrons. The van der Waals surface area contributed by atoms with Gasteiger partial charge in [-0.1, -0.05) is 0 Å². The lowest BCUT2D eigenvalue weighted by molar-refractivity contribution is 0.365. The molecular weight excluding hydrogens is 227 g/mol. The average molecular weight is 232 g/mol. The molecule has 0 aromatic carbocycles. The van der Waals surface area contributed by atoms with E-state index in [-0.39, 0.29) is 5.88 Å². The Morgan fingerprint density at radius 3 is 3.00 bits per heavy atom. The zero-order chi connectivity index (χ0) is 10.2. The third kappa shape index (κ3) is 1.88. The van der Waals surface area contributed by atoms with Crippen molar-refractivity contribution < 1.29 is 14.3 Å². The predicted molar refractivity (Wildman–Crippen MR) is 51.0 cm³/mol. The second kappa shape index (κ2) is 3.25. The fourth-order valence-corrected chi connectivity index (χ4v) is 1.49. The van der Waals surface area contributed by atoms with E-state index >= 15 is 0 Å². The molecule has 2 rings (SSSR count). The lowest BCUT2D eigenvalue weighted by atomic mass is 10.5. The second-order valence-corrected chi connectivity index (χ2v) is 4.99. The van der Waals surface area contributed by atoms with Gasteiger partial charge in [-0.2, -0.15) is 0 Å². The third-order valence-corrected chi connectivity index (χ3v) is 2.03. The molecule has 74 valence electrons. The van der Waals surface area contributed by atoms with Crippen LogP contribution in [0.1, 0.15) is 0 Å². The summed E-state index contributed by atoms with van der Waals surface area (Å²) in [6.07, 6.45) is 2.78. The highest BCUT2D eigenvalue weighted by molar-refractivity contribution is 8.06. The summed E-state index contributed by atoms with van der Waals surface area (Å²) in [6, 6.07) is 0. The summed E-state index contributed by atoms with van der Waals surface area (Å²) in [7, 11) is 0. The largest absolute Gasteiger partial charge is 0.402 e. The maximum absolute atomic E-state index is 8.91. The van der Waals surface area contributed by atoms with Crippen LogP contribution in [0.5, 0.6) is 5.88 Å². The van der Waals surface area contributed by atoms with E-state index in [4.69, 9.17) is 9.79 Å². The normalized spacial score (nSPS) is 11.9. The summed E-state index contributed by atoms with van der Waals surface area (Å²) in [5.41, 5.74) is 0.892. The summed E-state index contributed by atoms with van der Waals surface area (Å²) >= 11 is 4.30. The summed E-state index contributed by atoms with van der Waals surface area (Å²) in [6.45, 7) is -3.77. The maximum Gasteiger partial charge on any atom is 0.376 e. The Labute approximate surface area is 83.0 Å². The minimum atomic E-state index is -3.77. The van der Waals surface area contributed by atoms with Gasteiger partial charge in [0.25, 0.3) is 5.88 Å². The molecule has 2 aromatic heterocycles. The minimum absolute atomic E-state index is 0.0317. The summed E-state index contributed by atoms with van der Waals surface area (Å²) < 4.78 is 4.66. The molecule has 2 heterocycles. The fraction of sp³-hybridized carbons (Fsp3) is 0. The molecule has 2 aromatic rings. The molecule has 0 unspecified atom stereocenters. The van der Waals surface area contributed by atoms with Crippen molar-refractivity contribution in [2.75, 3.05) is 0 Å². The molecule has 3 N–H and O–H groups in total. The quantitative estimate of drug-likeness (QED) is 0.623. The molecule has 0 bridgehead atoms. The molecule has 0 atom stereocenters. The van der Waals surface area contributed by atoms with Crippen LogP contribution in [-0.2, 0) is 11.8 Å². The first kappa shape index (κ1) is 9.47. The van der Waals surface area contributed by atoms with Gasteiger partial charge in [0.2, 0.25) is 0 Å². The molecule has 9 heteroatoms. The topological polar surface area (TPSA) is 104 Å². The number of rotatable bonds is 2. The lowest BCUT2D eigenvalue weighted by Gasteiger charge is -2.05. The van der Waals surface area contributed by atoms with Crippen molar-refractivity contribution >= 4 is 29.6 Å². The Bertz CT molecular complexity index is 508. The fourth-order valence-electron chi connectivity index (χ4n) is 0.922. The monoisotopic (exact) mass is 232 g/mol. The summed E-state index contributed by atoms with van der Waals surface area (Å²) in [5.74, 6) is -0.0317. The van der Waals surface area contributed by atoms with Crippen LogP contribution in [0.25, 0.3) is 11.0 Å². The van der Waals surface area contributed by atoms with E-state index in [2.05, 4.69) is 36.5 Å². The average Bonchev–Trinajstić information content (AvgIpc) is 2.47. The van der Waals surface area contributed by atoms with Gasteiger partial charge in [-0.25, -0.2) is 9.97 Å². The number of hydrogen-bond acceptors (Lipinski definition) is 5. The lowest BCUT2D eigenvalue weighted by Crippen LogP contribution is -1.91. The number of hydrogen-bond donors (Lipinski definition) is 3. The molecule has 0 amide bonds. The van der Waals surface area contributed by atoms with Crippen molar-refractivity contribution in [3.63, 3.8) is 0 Å². The Morgan fingerprint density at radius 1 is 1.50 bits per heavy atom. The van der Waals surface area contributed by atoms with Crippen molar-refractivity contribution in [2.24, 2.45) is 0 Å².